The average Bonchev–Trinajstić information content (AvgIpc) is 2.69. The molecule has 0 saturated heterocycles. The van der Waals surface area contributed by atoms with Crippen LogP contribution in [0.15, 0.2) is 28.7 Å². The molecule has 0 aliphatic carbocycles. The van der Waals surface area contributed by atoms with Crippen molar-refractivity contribution in [3.05, 3.63) is 40.2 Å². The molecule has 0 bridgehead atoms. The van der Waals surface area contributed by atoms with Gasteiger partial charge in [-0.2, -0.15) is 5.10 Å². The van der Waals surface area contributed by atoms with Crippen molar-refractivity contribution in [1.82, 2.24) is 9.78 Å². The molecular formula is C13H12BrFN2. The normalized spacial score (nSPS) is 14.7. The molecule has 1 aromatic carbocycles. The standard InChI is InChI=1S/C13H12BrFN2/c14-12-11-3-1-2-8-17(11)16-13(12)9-4-6-10(15)7-5-9/h4-7H,1-3,8H2. The highest BCUT2D eigenvalue weighted by Crippen LogP contribution is 2.33. The van der Waals surface area contributed by atoms with Gasteiger partial charge in [0.05, 0.1) is 10.2 Å². The van der Waals surface area contributed by atoms with Gasteiger partial charge in [-0.25, -0.2) is 4.39 Å². The Balaban J connectivity index is 2.09. The number of halogens is 2. The van der Waals surface area contributed by atoms with E-state index in [1.165, 1.54) is 30.7 Å². The van der Waals surface area contributed by atoms with Crippen LogP contribution in [0.2, 0.25) is 0 Å². The van der Waals surface area contributed by atoms with Crippen LogP contribution in [0.5, 0.6) is 0 Å². The number of nitrogens with zero attached hydrogens (tertiary/aromatic N) is 2. The third kappa shape index (κ3) is 1.90. The van der Waals surface area contributed by atoms with E-state index < -0.39 is 0 Å². The Labute approximate surface area is 108 Å². The van der Waals surface area contributed by atoms with Crippen LogP contribution in [0.4, 0.5) is 4.39 Å². The predicted octanol–water partition coefficient (Wildman–Crippen LogP) is 3.79. The number of benzene rings is 1. The van der Waals surface area contributed by atoms with Gasteiger partial charge in [-0.1, -0.05) is 0 Å². The molecule has 0 N–H and O–H groups in total. The fraction of sp³-hybridized carbons (Fsp3) is 0.308. The SMILES string of the molecule is Fc1ccc(-c2nn3c(c2Br)CCCC3)cc1. The molecule has 0 amide bonds. The smallest absolute Gasteiger partial charge is 0.123 e. The fourth-order valence-electron chi connectivity index (χ4n) is 2.24. The Hall–Kier alpha value is -1.16. The number of aryl methyl sites for hydroxylation is 1. The zero-order chi connectivity index (χ0) is 11.8. The largest absolute Gasteiger partial charge is 0.268 e. The van der Waals surface area contributed by atoms with Gasteiger partial charge in [0.2, 0.25) is 0 Å². The van der Waals surface area contributed by atoms with Crippen LogP contribution in [0.25, 0.3) is 11.3 Å². The molecule has 1 aliphatic heterocycles. The molecule has 0 fully saturated rings. The predicted molar refractivity (Wildman–Crippen MR) is 68.3 cm³/mol. The molecule has 0 spiro atoms. The van der Waals surface area contributed by atoms with E-state index in [1.807, 2.05) is 0 Å². The Kier molecular flexibility index (Phi) is 2.74. The van der Waals surface area contributed by atoms with Gasteiger partial charge in [0.25, 0.3) is 0 Å². The van der Waals surface area contributed by atoms with E-state index in [1.54, 1.807) is 12.1 Å². The molecule has 17 heavy (non-hydrogen) atoms. The van der Waals surface area contributed by atoms with Crippen molar-refractivity contribution in [3.8, 4) is 11.3 Å². The molecule has 0 unspecified atom stereocenters. The molecular weight excluding hydrogens is 283 g/mol. The third-order valence-corrected chi connectivity index (χ3v) is 3.98. The zero-order valence-corrected chi connectivity index (χ0v) is 10.9. The summed E-state index contributed by atoms with van der Waals surface area (Å²) in [6.45, 7) is 0.981. The Morgan fingerprint density at radius 3 is 2.65 bits per heavy atom. The fourth-order valence-corrected chi connectivity index (χ4v) is 2.96. The first-order valence-corrected chi connectivity index (χ1v) is 6.56. The minimum atomic E-state index is -0.214. The summed E-state index contributed by atoms with van der Waals surface area (Å²) in [5.74, 6) is -0.214. The van der Waals surface area contributed by atoms with Crippen molar-refractivity contribution < 1.29 is 4.39 Å². The summed E-state index contributed by atoms with van der Waals surface area (Å²) in [5, 5.41) is 4.60. The van der Waals surface area contributed by atoms with Crippen LogP contribution < -0.4 is 0 Å². The second-order valence-corrected chi connectivity index (χ2v) is 5.09. The molecule has 1 aliphatic rings. The van der Waals surface area contributed by atoms with Crippen molar-refractivity contribution in [2.45, 2.75) is 25.8 Å². The molecule has 2 heterocycles. The summed E-state index contributed by atoms with van der Waals surface area (Å²) in [4.78, 5) is 0. The quantitative estimate of drug-likeness (QED) is 0.782. The summed E-state index contributed by atoms with van der Waals surface area (Å²) >= 11 is 3.62. The summed E-state index contributed by atoms with van der Waals surface area (Å²) in [6.07, 6.45) is 3.46. The van der Waals surface area contributed by atoms with Crippen LogP contribution in [-0.2, 0) is 13.0 Å². The summed E-state index contributed by atoms with van der Waals surface area (Å²) < 4.78 is 16.0. The lowest BCUT2D eigenvalue weighted by molar-refractivity contribution is 0.486. The second kappa shape index (κ2) is 4.26. The molecule has 1 aromatic heterocycles. The van der Waals surface area contributed by atoms with Gasteiger partial charge in [0.15, 0.2) is 0 Å². The summed E-state index contributed by atoms with van der Waals surface area (Å²) in [5.41, 5.74) is 3.14. The first kappa shape index (κ1) is 11.0. The van der Waals surface area contributed by atoms with Crippen molar-refractivity contribution in [2.75, 3.05) is 0 Å². The van der Waals surface area contributed by atoms with Crippen LogP contribution in [0, 0.1) is 5.82 Å². The van der Waals surface area contributed by atoms with Crippen molar-refractivity contribution in [1.29, 1.82) is 0 Å². The van der Waals surface area contributed by atoms with E-state index in [2.05, 4.69) is 25.7 Å². The molecule has 88 valence electrons. The van der Waals surface area contributed by atoms with Crippen molar-refractivity contribution in [2.24, 2.45) is 0 Å². The minimum absolute atomic E-state index is 0.214. The maximum atomic E-state index is 12.9. The lowest BCUT2D eigenvalue weighted by Gasteiger charge is -2.12. The Bertz CT molecular complexity index is 545. The highest BCUT2D eigenvalue weighted by molar-refractivity contribution is 9.10. The highest BCUT2D eigenvalue weighted by atomic mass is 79.9. The molecule has 0 saturated carbocycles. The van der Waals surface area contributed by atoms with Gasteiger partial charge in [-0.15, -0.1) is 0 Å². The van der Waals surface area contributed by atoms with E-state index in [0.717, 1.165) is 28.7 Å². The maximum absolute atomic E-state index is 12.9. The minimum Gasteiger partial charge on any atom is -0.268 e. The van der Waals surface area contributed by atoms with Crippen LogP contribution >= 0.6 is 15.9 Å². The Morgan fingerprint density at radius 1 is 1.18 bits per heavy atom. The van der Waals surface area contributed by atoms with Gasteiger partial charge >= 0.3 is 0 Å². The number of hydrogen-bond acceptors (Lipinski definition) is 1. The van der Waals surface area contributed by atoms with E-state index in [0.29, 0.717) is 0 Å². The van der Waals surface area contributed by atoms with Crippen LogP contribution in [0.1, 0.15) is 18.5 Å². The van der Waals surface area contributed by atoms with Crippen molar-refractivity contribution >= 4 is 15.9 Å². The van der Waals surface area contributed by atoms with E-state index in [9.17, 15) is 4.39 Å². The number of hydrogen-bond donors (Lipinski definition) is 0. The first-order chi connectivity index (χ1) is 8.25. The number of aromatic nitrogens is 2. The zero-order valence-electron chi connectivity index (χ0n) is 9.29. The second-order valence-electron chi connectivity index (χ2n) is 4.30. The van der Waals surface area contributed by atoms with E-state index in [4.69, 9.17) is 0 Å². The van der Waals surface area contributed by atoms with Gasteiger partial charge in [0, 0.05) is 12.1 Å². The molecule has 2 nitrogen and oxygen atoms in total. The molecule has 0 atom stereocenters. The number of rotatable bonds is 1. The van der Waals surface area contributed by atoms with Crippen LogP contribution in [0.3, 0.4) is 0 Å². The lowest BCUT2D eigenvalue weighted by atomic mass is 10.1. The van der Waals surface area contributed by atoms with E-state index in [-0.39, 0.29) is 5.82 Å². The molecule has 3 rings (SSSR count). The monoisotopic (exact) mass is 294 g/mol. The molecule has 2 aromatic rings. The maximum Gasteiger partial charge on any atom is 0.123 e. The summed E-state index contributed by atoms with van der Waals surface area (Å²) in [6, 6.07) is 6.49. The van der Waals surface area contributed by atoms with Gasteiger partial charge in [0.1, 0.15) is 11.5 Å². The molecule has 4 heteroatoms. The van der Waals surface area contributed by atoms with E-state index >= 15 is 0 Å². The Morgan fingerprint density at radius 2 is 1.94 bits per heavy atom. The number of fused-ring (bicyclic) bond motifs is 1. The third-order valence-electron chi connectivity index (χ3n) is 3.14. The summed E-state index contributed by atoms with van der Waals surface area (Å²) in [7, 11) is 0. The van der Waals surface area contributed by atoms with Gasteiger partial charge in [-0.05, 0) is 59.5 Å². The van der Waals surface area contributed by atoms with Gasteiger partial charge in [-0.3, -0.25) is 4.68 Å². The lowest BCUT2D eigenvalue weighted by Crippen LogP contribution is -2.10. The van der Waals surface area contributed by atoms with Gasteiger partial charge < -0.3 is 0 Å². The first-order valence-electron chi connectivity index (χ1n) is 5.77. The molecule has 0 radical (unpaired) electrons. The van der Waals surface area contributed by atoms with Crippen molar-refractivity contribution in [3.63, 3.8) is 0 Å². The van der Waals surface area contributed by atoms with Crippen LogP contribution in [-0.4, -0.2) is 9.78 Å². The topological polar surface area (TPSA) is 17.8 Å². The average molecular weight is 295 g/mol. The highest BCUT2D eigenvalue weighted by Gasteiger charge is 2.19.